The maximum Gasteiger partial charge on any atom is 0.335 e. The minimum Gasteiger partial charge on any atom is -0.504 e. The van der Waals surface area contributed by atoms with Crippen molar-refractivity contribution in [2.24, 2.45) is 52.3 Å². The molecular formula is C41H64O14. The molecule has 6 aliphatic rings. The Morgan fingerprint density at radius 3 is 2.16 bits per heavy atom. The van der Waals surface area contributed by atoms with E-state index in [1.807, 2.05) is 13.8 Å². The molecule has 2 saturated heterocycles. The summed E-state index contributed by atoms with van der Waals surface area (Å²) in [5, 5.41) is 74.3. The number of carboxylic acid groups (broad SMARTS) is 1. The van der Waals surface area contributed by atoms with E-state index in [-0.39, 0.29) is 64.2 Å². The number of Topliss-reactive ketones (excluding diaryl/α,β-unsaturated/α-hetero) is 2. The number of fused-ring (bicyclic) bond motifs is 5. The molecule has 0 bridgehead atoms. The van der Waals surface area contributed by atoms with Crippen LogP contribution in [0.5, 0.6) is 0 Å². The molecule has 2 aliphatic heterocycles. The fourth-order valence-corrected chi connectivity index (χ4v) is 12.1. The molecule has 19 atom stereocenters. The van der Waals surface area contributed by atoms with Crippen LogP contribution in [-0.4, -0.2) is 121 Å². The lowest BCUT2D eigenvalue weighted by molar-refractivity contribution is -0.356. The Labute approximate surface area is 323 Å². The summed E-state index contributed by atoms with van der Waals surface area (Å²) in [6.45, 7) is 14.0. The summed E-state index contributed by atoms with van der Waals surface area (Å²) < 4.78 is 23.0. The van der Waals surface area contributed by atoms with Gasteiger partial charge in [0.2, 0.25) is 5.78 Å². The van der Waals surface area contributed by atoms with Crippen LogP contribution < -0.4 is 0 Å². The average Bonchev–Trinajstić information content (AvgIpc) is 3.33. The number of aliphatic carboxylic acids is 1. The molecule has 0 radical (unpaired) electrons. The molecule has 5 fully saturated rings. The van der Waals surface area contributed by atoms with E-state index in [4.69, 9.17) is 18.9 Å². The number of ether oxygens (including phenoxy) is 4. The van der Waals surface area contributed by atoms with E-state index >= 15 is 0 Å². The minimum atomic E-state index is -1.82. The van der Waals surface area contributed by atoms with E-state index < -0.39 is 78.9 Å². The minimum absolute atomic E-state index is 0.0497. The SMILES string of the molecule is CC[C@@H](C(=O)C[C@@H](C)C1=C(O)C(=O)[C@@H]2[C@@H]3CC[C@H]4C[C@@H](O[C@@H]5O[C@H](C(=O)O)[C@@H](O[C@@H]6O[C@@H](C)[C@H](O)[C@@H](O)[C@H]6O)[C@H](O)[C@H]5O)CC[C@]4(C)[C@H]3CC[C@]12C)C(C)C. The topological polar surface area (TPSA) is 230 Å². The van der Waals surface area contributed by atoms with Crippen LogP contribution in [0.4, 0.5) is 0 Å². The van der Waals surface area contributed by atoms with E-state index in [2.05, 4.69) is 27.7 Å². The smallest absolute Gasteiger partial charge is 0.335 e. The number of carbonyl (C=O) groups is 3. The molecule has 6 rings (SSSR count). The third-order valence-corrected chi connectivity index (χ3v) is 15.0. The number of aliphatic hydroxyl groups excluding tert-OH is 6. The number of hydrogen-bond acceptors (Lipinski definition) is 13. The van der Waals surface area contributed by atoms with Gasteiger partial charge in [-0.3, -0.25) is 9.59 Å². The number of carbonyl (C=O) groups excluding carboxylic acids is 2. The van der Waals surface area contributed by atoms with Gasteiger partial charge in [0.25, 0.3) is 0 Å². The van der Waals surface area contributed by atoms with Gasteiger partial charge >= 0.3 is 5.97 Å². The molecule has 3 saturated carbocycles. The zero-order valence-corrected chi connectivity index (χ0v) is 33.2. The zero-order valence-electron chi connectivity index (χ0n) is 33.2. The Balaban J connectivity index is 1.11. The highest BCUT2D eigenvalue weighted by Gasteiger charge is 2.64. The molecule has 0 aromatic heterocycles. The van der Waals surface area contributed by atoms with Gasteiger partial charge in [-0.05, 0) is 98.9 Å². The molecule has 0 spiro atoms. The van der Waals surface area contributed by atoms with Crippen LogP contribution in [-0.2, 0) is 33.3 Å². The molecule has 0 aromatic carbocycles. The first-order valence-corrected chi connectivity index (χ1v) is 20.5. The van der Waals surface area contributed by atoms with E-state index in [0.717, 1.165) is 44.1 Å². The quantitative estimate of drug-likeness (QED) is 0.150. The molecule has 55 heavy (non-hydrogen) atoms. The van der Waals surface area contributed by atoms with Gasteiger partial charge in [0.15, 0.2) is 24.4 Å². The van der Waals surface area contributed by atoms with Crippen LogP contribution in [0.2, 0.25) is 0 Å². The van der Waals surface area contributed by atoms with E-state index in [9.17, 15) is 50.1 Å². The lowest BCUT2D eigenvalue weighted by atomic mass is 9.44. The van der Waals surface area contributed by atoms with Crippen LogP contribution in [0, 0.1) is 52.3 Å². The third kappa shape index (κ3) is 7.35. The first-order valence-electron chi connectivity index (χ1n) is 20.5. The summed E-state index contributed by atoms with van der Waals surface area (Å²) in [5.74, 6) is -1.52. The van der Waals surface area contributed by atoms with Crippen LogP contribution in [0.25, 0.3) is 0 Å². The predicted octanol–water partition coefficient (Wildman–Crippen LogP) is 3.04. The molecular weight excluding hydrogens is 716 g/mol. The molecule has 4 aliphatic carbocycles. The van der Waals surface area contributed by atoms with Gasteiger partial charge in [0, 0.05) is 23.7 Å². The summed E-state index contributed by atoms with van der Waals surface area (Å²) in [5.41, 5.74) is 0.120. The fraction of sp³-hybridized carbons (Fsp3) is 0.878. The molecule has 312 valence electrons. The molecule has 14 nitrogen and oxygen atoms in total. The molecule has 0 aromatic rings. The lowest BCUT2D eigenvalue weighted by Gasteiger charge is -2.60. The lowest BCUT2D eigenvalue weighted by Crippen LogP contribution is -2.65. The maximum atomic E-state index is 14.0. The van der Waals surface area contributed by atoms with Crippen molar-refractivity contribution in [3.63, 3.8) is 0 Å². The maximum absolute atomic E-state index is 14.0. The highest BCUT2D eigenvalue weighted by molar-refractivity contribution is 6.00. The van der Waals surface area contributed by atoms with Gasteiger partial charge in [-0.1, -0.05) is 41.5 Å². The molecule has 2 heterocycles. The van der Waals surface area contributed by atoms with Crippen molar-refractivity contribution in [3.8, 4) is 0 Å². The Bertz CT molecular complexity index is 1480. The number of hydrogen-bond donors (Lipinski definition) is 7. The number of aliphatic hydroxyl groups is 6. The van der Waals surface area contributed by atoms with Crippen LogP contribution in [0.15, 0.2) is 11.3 Å². The second-order valence-electron chi connectivity index (χ2n) is 18.5. The van der Waals surface area contributed by atoms with E-state index in [1.54, 1.807) is 0 Å². The van der Waals surface area contributed by atoms with Crippen molar-refractivity contribution in [2.45, 2.75) is 174 Å². The predicted molar refractivity (Wildman–Crippen MR) is 195 cm³/mol. The van der Waals surface area contributed by atoms with Crippen molar-refractivity contribution < 1.29 is 69.1 Å². The monoisotopic (exact) mass is 780 g/mol. The third-order valence-electron chi connectivity index (χ3n) is 15.0. The molecule has 0 amide bonds. The zero-order chi connectivity index (χ0) is 40.5. The van der Waals surface area contributed by atoms with Gasteiger partial charge in [-0.25, -0.2) is 4.79 Å². The summed E-state index contributed by atoms with van der Waals surface area (Å²) >= 11 is 0. The van der Waals surface area contributed by atoms with Crippen LogP contribution >= 0.6 is 0 Å². The first kappa shape index (κ1) is 42.6. The summed E-state index contributed by atoms with van der Waals surface area (Å²) in [7, 11) is 0. The van der Waals surface area contributed by atoms with Crippen molar-refractivity contribution in [2.75, 3.05) is 0 Å². The number of carboxylic acids is 1. The van der Waals surface area contributed by atoms with Crippen LogP contribution in [0.1, 0.15) is 106 Å². The molecule has 14 heteroatoms. The van der Waals surface area contributed by atoms with Gasteiger partial charge in [0.05, 0.1) is 12.2 Å². The Morgan fingerprint density at radius 1 is 0.873 bits per heavy atom. The standard InChI is InChI=1S/C41H64O14/c1-8-22(17(2)3)25(42)15-18(4)26-29(44)30(45)27-23-10-9-20-16-21(11-13-40(20,6)24(23)12-14-41(26,27)7)53-39-34(49)32(47)35(36(55-39)37(50)51)54-38-33(48)31(46)28(43)19(5)52-38/h17-24,27-28,31-36,38-39,43-44,46-49H,8-16H2,1-7H3,(H,50,51)/t18-,19+,20+,21+,22-,23-,24+,27+,28+,31-,32-,33-,34-,35+,36+,38+,39-,40+,41-/m1/s1. The van der Waals surface area contributed by atoms with Crippen molar-refractivity contribution in [1.82, 2.24) is 0 Å². The Hall–Kier alpha value is -2.01. The molecule has 7 N–H and O–H groups in total. The summed E-state index contributed by atoms with van der Waals surface area (Å²) in [6.07, 6.45) is -10.1. The second-order valence-corrected chi connectivity index (χ2v) is 18.5. The number of rotatable bonds is 11. The Kier molecular flexibility index (Phi) is 12.4. The van der Waals surface area contributed by atoms with Gasteiger partial charge in [-0.15, -0.1) is 0 Å². The van der Waals surface area contributed by atoms with Gasteiger partial charge < -0.3 is 54.7 Å². The Morgan fingerprint density at radius 2 is 1.53 bits per heavy atom. The number of allylic oxidation sites excluding steroid dienone is 2. The van der Waals surface area contributed by atoms with Gasteiger partial charge in [0.1, 0.15) is 42.4 Å². The van der Waals surface area contributed by atoms with E-state index in [0.29, 0.717) is 19.3 Å². The summed E-state index contributed by atoms with van der Waals surface area (Å²) in [6, 6.07) is 0. The summed E-state index contributed by atoms with van der Waals surface area (Å²) in [4.78, 5) is 39.7. The highest BCUT2D eigenvalue weighted by Crippen LogP contribution is 2.67. The first-order chi connectivity index (χ1) is 25.8. The van der Waals surface area contributed by atoms with Crippen LogP contribution in [0.3, 0.4) is 0 Å². The second kappa shape index (κ2) is 16.0. The van der Waals surface area contributed by atoms with Crippen molar-refractivity contribution in [1.29, 1.82) is 0 Å². The number of ketones is 2. The normalized spacial score (nSPS) is 47.1. The highest BCUT2D eigenvalue weighted by atomic mass is 16.7. The van der Waals surface area contributed by atoms with Crippen molar-refractivity contribution in [3.05, 3.63) is 11.3 Å². The molecule has 0 unspecified atom stereocenters. The largest absolute Gasteiger partial charge is 0.504 e. The average molecular weight is 781 g/mol. The van der Waals surface area contributed by atoms with E-state index in [1.165, 1.54) is 6.92 Å². The van der Waals surface area contributed by atoms with Crippen molar-refractivity contribution >= 4 is 17.5 Å². The fourth-order valence-electron chi connectivity index (χ4n) is 12.1. The van der Waals surface area contributed by atoms with Gasteiger partial charge in [-0.2, -0.15) is 0 Å².